The number of aromatic nitrogens is 2. The van der Waals surface area contributed by atoms with Crippen LogP contribution in [0.1, 0.15) is 51.3 Å². The van der Waals surface area contributed by atoms with Gasteiger partial charge in [-0.25, -0.2) is 4.79 Å². The summed E-state index contributed by atoms with van der Waals surface area (Å²) in [5.41, 5.74) is 1.71. The first-order valence-corrected chi connectivity index (χ1v) is 13.4. The molecule has 1 aromatic rings. The van der Waals surface area contributed by atoms with Crippen molar-refractivity contribution in [2.24, 2.45) is 5.92 Å². The van der Waals surface area contributed by atoms with Gasteiger partial charge in [-0.3, -0.25) is 23.6 Å². The Bertz CT molecular complexity index is 1210. The zero-order valence-corrected chi connectivity index (χ0v) is 22.6. The van der Waals surface area contributed by atoms with Crippen molar-refractivity contribution >= 4 is 23.6 Å². The van der Waals surface area contributed by atoms with Gasteiger partial charge in [0.2, 0.25) is 5.91 Å². The van der Waals surface area contributed by atoms with Gasteiger partial charge < -0.3 is 10.2 Å². The molecule has 36 heavy (non-hydrogen) atoms. The number of hydrogen-bond acceptors (Lipinski definition) is 5. The lowest BCUT2D eigenvalue weighted by Gasteiger charge is -2.31. The van der Waals surface area contributed by atoms with Crippen molar-refractivity contribution in [1.29, 1.82) is 0 Å². The Morgan fingerprint density at radius 2 is 1.97 bits per heavy atom. The Labute approximate surface area is 217 Å². The van der Waals surface area contributed by atoms with Crippen molar-refractivity contribution in [2.75, 3.05) is 26.7 Å². The van der Waals surface area contributed by atoms with Gasteiger partial charge >= 0.3 is 5.69 Å². The molecule has 0 bridgehead atoms. The third-order valence-corrected chi connectivity index (χ3v) is 7.81. The molecule has 1 fully saturated rings. The van der Waals surface area contributed by atoms with Gasteiger partial charge in [-0.2, -0.15) is 0 Å². The molecule has 0 spiro atoms. The van der Waals surface area contributed by atoms with Crippen LogP contribution >= 0.6 is 11.6 Å². The molecular formula is C27H38ClN5O3. The van der Waals surface area contributed by atoms with Gasteiger partial charge in [0.1, 0.15) is 5.00 Å². The number of fused-ring (bicyclic) bond motifs is 1. The molecule has 4 rings (SSSR count). The fraction of sp³-hybridized carbons (Fsp3) is 0.593. The second-order valence-electron chi connectivity index (χ2n) is 10.3. The maximum absolute atomic E-state index is 13.0. The molecule has 9 heteroatoms. The van der Waals surface area contributed by atoms with Gasteiger partial charge in [-0.05, 0) is 63.9 Å². The average molecular weight is 516 g/mol. The Morgan fingerprint density at radius 3 is 2.64 bits per heavy atom. The maximum atomic E-state index is 13.0. The van der Waals surface area contributed by atoms with E-state index in [-0.39, 0.29) is 36.0 Å². The smallest absolute Gasteiger partial charge is 0.331 e. The summed E-state index contributed by atoms with van der Waals surface area (Å²) in [6, 6.07) is 0.473. The fourth-order valence-corrected chi connectivity index (χ4v) is 5.98. The molecule has 0 aromatic carbocycles. The maximum Gasteiger partial charge on any atom is 0.331 e. The largest absolute Gasteiger partial charge is 0.373 e. The standard InChI is InChI=1S/C27H38ClN5O3/c1-5-32-23-11-12-27(28,16-21(23)25(35)33(6-2)26(32)36)29-24(34)15-19(3)17-31-14-7-9-20(18-31)22-10-8-13-30(22)4/h7,9,11-12,18-19,22H,5-6,8,10,13-17H2,1-4H3,(H,29,34). The van der Waals surface area contributed by atoms with Crippen molar-refractivity contribution in [3.8, 4) is 0 Å². The molecule has 1 N–H and O–H groups in total. The fourth-order valence-electron chi connectivity index (χ4n) is 5.68. The molecule has 1 aliphatic carbocycles. The van der Waals surface area contributed by atoms with Crippen LogP contribution in [0.3, 0.4) is 0 Å². The van der Waals surface area contributed by atoms with Crippen LogP contribution < -0.4 is 16.6 Å². The van der Waals surface area contributed by atoms with E-state index in [2.05, 4.69) is 47.4 Å². The van der Waals surface area contributed by atoms with Crippen molar-refractivity contribution in [2.45, 2.75) is 70.6 Å². The summed E-state index contributed by atoms with van der Waals surface area (Å²) in [4.78, 5) is 42.1. The van der Waals surface area contributed by atoms with Gasteiger partial charge in [-0.1, -0.05) is 30.7 Å². The number of nitrogens with one attached hydrogen (secondary N) is 1. The predicted molar refractivity (Wildman–Crippen MR) is 144 cm³/mol. The van der Waals surface area contributed by atoms with E-state index < -0.39 is 5.00 Å². The summed E-state index contributed by atoms with van der Waals surface area (Å²) in [5, 5.41) is 2.93. The van der Waals surface area contributed by atoms with E-state index >= 15 is 0 Å². The number of halogens is 1. The molecule has 8 nitrogen and oxygen atoms in total. The molecule has 1 aromatic heterocycles. The van der Waals surface area contributed by atoms with Crippen LogP contribution in [0.15, 0.2) is 39.6 Å². The minimum atomic E-state index is -1.20. The van der Waals surface area contributed by atoms with Gasteiger partial charge in [0, 0.05) is 56.8 Å². The second-order valence-corrected chi connectivity index (χ2v) is 11.0. The first-order valence-electron chi connectivity index (χ1n) is 13.0. The molecule has 3 aliphatic rings. The topological polar surface area (TPSA) is 79.6 Å². The highest BCUT2D eigenvalue weighted by Gasteiger charge is 2.34. The minimum absolute atomic E-state index is 0.123. The van der Waals surface area contributed by atoms with Crippen molar-refractivity contribution in [3.05, 3.63) is 62.1 Å². The lowest BCUT2D eigenvalue weighted by Crippen LogP contribution is -2.50. The van der Waals surface area contributed by atoms with Crippen LogP contribution in [0, 0.1) is 5.92 Å². The van der Waals surface area contributed by atoms with Gasteiger partial charge in [-0.15, -0.1) is 0 Å². The molecular weight excluding hydrogens is 478 g/mol. The van der Waals surface area contributed by atoms with Crippen molar-refractivity contribution in [1.82, 2.24) is 24.3 Å². The van der Waals surface area contributed by atoms with E-state index in [4.69, 9.17) is 11.6 Å². The Kier molecular flexibility index (Phi) is 7.95. The zero-order valence-electron chi connectivity index (χ0n) is 21.8. The summed E-state index contributed by atoms with van der Waals surface area (Å²) in [6.45, 7) is 9.19. The van der Waals surface area contributed by atoms with Gasteiger partial charge in [0.25, 0.3) is 5.56 Å². The average Bonchev–Trinajstić information content (AvgIpc) is 3.26. The molecule has 2 aliphatic heterocycles. The highest BCUT2D eigenvalue weighted by molar-refractivity contribution is 6.26. The molecule has 3 heterocycles. The Hall–Kier alpha value is -2.58. The number of nitrogens with zero attached hydrogens (tertiary/aromatic N) is 4. The number of likely N-dealkylation sites (tertiary alicyclic amines) is 1. The van der Waals surface area contributed by atoms with E-state index in [1.54, 1.807) is 23.6 Å². The van der Waals surface area contributed by atoms with Crippen LogP contribution in [-0.4, -0.2) is 62.6 Å². The molecule has 1 amide bonds. The molecule has 3 unspecified atom stereocenters. The zero-order chi connectivity index (χ0) is 26.0. The highest BCUT2D eigenvalue weighted by atomic mass is 35.5. The summed E-state index contributed by atoms with van der Waals surface area (Å²) < 4.78 is 2.80. The van der Waals surface area contributed by atoms with E-state index in [1.807, 2.05) is 6.92 Å². The monoisotopic (exact) mass is 515 g/mol. The minimum Gasteiger partial charge on any atom is -0.373 e. The molecule has 1 saturated heterocycles. The van der Waals surface area contributed by atoms with Crippen LogP contribution in [0.4, 0.5) is 0 Å². The van der Waals surface area contributed by atoms with Crippen LogP contribution in [0.2, 0.25) is 0 Å². The normalized spacial score (nSPS) is 24.5. The molecule has 196 valence electrons. The lowest BCUT2D eigenvalue weighted by molar-refractivity contribution is -0.122. The van der Waals surface area contributed by atoms with E-state index in [1.165, 1.54) is 23.0 Å². The second kappa shape index (κ2) is 10.8. The van der Waals surface area contributed by atoms with E-state index in [0.29, 0.717) is 30.3 Å². The quantitative estimate of drug-likeness (QED) is 0.425. The van der Waals surface area contributed by atoms with Crippen molar-refractivity contribution < 1.29 is 4.79 Å². The number of likely N-dealkylation sites (N-methyl/N-ethyl adjacent to an activating group) is 1. The number of carbonyl (C=O) groups excluding carboxylic acids is 1. The van der Waals surface area contributed by atoms with Crippen molar-refractivity contribution in [3.63, 3.8) is 0 Å². The SMILES string of the molecule is CCn1c2c(c(=O)n(CC)c1=O)CC(Cl)(NC(=O)CC(C)CN1C=C(C3CCCN3C)C=CC1)C=C2. The number of carbonyl (C=O) groups is 1. The Morgan fingerprint density at radius 1 is 1.22 bits per heavy atom. The van der Waals surface area contributed by atoms with Gasteiger partial charge in [0.05, 0.1) is 5.69 Å². The molecule has 0 radical (unpaired) electrons. The first-order chi connectivity index (χ1) is 17.2. The number of rotatable bonds is 8. The Balaban J connectivity index is 1.40. The summed E-state index contributed by atoms with van der Waals surface area (Å²) in [5.74, 6) is -0.0319. The molecule has 0 saturated carbocycles. The third kappa shape index (κ3) is 5.39. The van der Waals surface area contributed by atoms with E-state index in [0.717, 1.165) is 19.6 Å². The predicted octanol–water partition coefficient (Wildman–Crippen LogP) is 2.55. The first kappa shape index (κ1) is 26.5. The third-order valence-electron chi connectivity index (χ3n) is 7.45. The highest BCUT2D eigenvalue weighted by Crippen LogP contribution is 2.28. The summed E-state index contributed by atoms with van der Waals surface area (Å²) in [6.07, 6.45) is 12.9. The van der Waals surface area contributed by atoms with Crippen LogP contribution in [0.5, 0.6) is 0 Å². The summed E-state index contributed by atoms with van der Waals surface area (Å²) in [7, 11) is 2.18. The lowest BCUT2D eigenvalue weighted by atomic mass is 9.97. The van der Waals surface area contributed by atoms with Crippen LogP contribution in [-0.2, 0) is 24.3 Å². The number of hydrogen-bond donors (Lipinski definition) is 1. The number of amides is 1. The van der Waals surface area contributed by atoms with E-state index in [9.17, 15) is 14.4 Å². The summed E-state index contributed by atoms with van der Waals surface area (Å²) >= 11 is 6.79. The van der Waals surface area contributed by atoms with Gasteiger partial charge in [0.15, 0.2) is 0 Å². The molecule has 3 atom stereocenters. The van der Waals surface area contributed by atoms with Crippen LogP contribution in [0.25, 0.3) is 6.08 Å². The number of alkyl halides is 1.